The zero-order valence-corrected chi connectivity index (χ0v) is 19.5. The Balaban J connectivity index is 1.87. The third kappa shape index (κ3) is 4.98. The summed E-state index contributed by atoms with van der Waals surface area (Å²) in [7, 11) is -4.46. The van der Waals surface area contributed by atoms with Crippen molar-refractivity contribution >= 4 is 31.6 Å². The molecule has 1 fully saturated rings. The third-order valence-corrected chi connectivity index (χ3v) is 8.99. The van der Waals surface area contributed by atoms with Crippen LogP contribution < -0.4 is 5.32 Å². The van der Waals surface area contributed by atoms with Crippen LogP contribution in [0.2, 0.25) is 0 Å². The van der Waals surface area contributed by atoms with Gasteiger partial charge in [0.2, 0.25) is 20.0 Å². The van der Waals surface area contributed by atoms with Crippen molar-refractivity contribution in [3.05, 3.63) is 53.6 Å². The monoisotopic (exact) mass is 465 g/mol. The van der Waals surface area contributed by atoms with Crippen LogP contribution in [0.1, 0.15) is 35.2 Å². The van der Waals surface area contributed by atoms with E-state index in [4.69, 9.17) is 0 Å². The van der Waals surface area contributed by atoms with Gasteiger partial charge in [0.05, 0.1) is 9.79 Å². The number of rotatable bonds is 6. The molecule has 2 aromatic rings. The topological polar surface area (TPSA) is 104 Å². The number of carbonyl (C=O) groups is 1. The molecular weight excluding hydrogens is 438 g/mol. The molecule has 0 bridgehead atoms. The fourth-order valence-electron chi connectivity index (χ4n) is 3.35. The molecule has 0 saturated carbocycles. The summed E-state index contributed by atoms with van der Waals surface area (Å²) < 4.78 is 53.2. The minimum absolute atomic E-state index is 0.0554. The van der Waals surface area contributed by atoms with Crippen LogP contribution in [0.25, 0.3) is 0 Å². The van der Waals surface area contributed by atoms with E-state index in [0.717, 1.165) is 23.6 Å². The lowest BCUT2D eigenvalue weighted by Gasteiger charge is -2.26. The minimum Gasteiger partial charge on any atom is -0.322 e. The molecule has 3 rings (SSSR count). The Morgan fingerprint density at radius 1 is 0.935 bits per heavy atom. The van der Waals surface area contributed by atoms with Gasteiger partial charge in [-0.2, -0.15) is 4.31 Å². The molecule has 1 N–H and O–H groups in total. The average Bonchev–Trinajstić information content (AvgIpc) is 2.75. The van der Waals surface area contributed by atoms with Crippen LogP contribution in [0.15, 0.2) is 52.3 Å². The second-order valence-electron chi connectivity index (χ2n) is 7.71. The molecule has 10 heteroatoms. The molecule has 0 radical (unpaired) electrons. The van der Waals surface area contributed by atoms with E-state index in [1.165, 1.54) is 54.8 Å². The highest BCUT2D eigenvalue weighted by Gasteiger charge is 2.26. The van der Waals surface area contributed by atoms with E-state index in [2.05, 4.69) is 5.32 Å². The molecule has 1 aliphatic rings. The van der Waals surface area contributed by atoms with Crippen LogP contribution in [0.4, 0.5) is 5.69 Å². The van der Waals surface area contributed by atoms with Crippen molar-refractivity contribution in [3.63, 3.8) is 0 Å². The molecule has 168 valence electrons. The van der Waals surface area contributed by atoms with Gasteiger partial charge in [-0.05, 0) is 55.7 Å². The number of hydrogen-bond acceptors (Lipinski definition) is 5. The summed E-state index contributed by atoms with van der Waals surface area (Å²) in [5.41, 5.74) is 1.21. The van der Waals surface area contributed by atoms with E-state index in [1.54, 1.807) is 13.0 Å². The number of aryl methyl sites for hydroxylation is 1. The zero-order chi connectivity index (χ0) is 22.8. The molecule has 0 unspecified atom stereocenters. The Morgan fingerprint density at radius 3 is 2.26 bits per heavy atom. The van der Waals surface area contributed by atoms with E-state index < -0.39 is 26.0 Å². The zero-order valence-electron chi connectivity index (χ0n) is 17.8. The minimum atomic E-state index is -3.67. The first-order chi connectivity index (χ1) is 14.5. The van der Waals surface area contributed by atoms with Crippen molar-refractivity contribution in [2.75, 3.05) is 32.5 Å². The van der Waals surface area contributed by atoms with Gasteiger partial charge < -0.3 is 5.32 Å². The number of benzene rings is 2. The molecule has 31 heavy (non-hydrogen) atoms. The number of nitrogens with one attached hydrogen (secondary N) is 1. The molecule has 1 aliphatic heterocycles. The molecular formula is C21H27N3O5S2. The SMILES string of the molecule is Cc1ccc(S(=O)(=O)N(C)C)cc1NC(=O)c1cccc(S(=O)(=O)N2CCCCC2)c1. The van der Waals surface area contributed by atoms with E-state index in [1.807, 2.05) is 0 Å². The molecule has 8 nitrogen and oxygen atoms in total. The summed E-state index contributed by atoms with van der Waals surface area (Å²) in [6.07, 6.45) is 2.66. The molecule has 1 saturated heterocycles. The number of carbonyl (C=O) groups excluding carboxylic acids is 1. The van der Waals surface area contributed by atoms with Crippen molar-refractivity contribution in [1.29, 1.82) is 0 Å². The lowest BCUT2D eigenvalue weighted by Crippen LogP contribution is -2.35. The molecule has 0 aliphatic carbocycles. The summed E-state index contributed by atoms with van der Waals surface area (Å²) in [5.74, 6) is -0.516. The van der Waals surface area contributed by atoms with Gasteiger partial charge in [-0.3, -0.25) is 4.79 Å². The molecule has 2 aromatic carbocycles. The summed E-state index contributed by atoms with van der Waals surface area (Å²) >= 11 is 0. The number of hydrogen-bond donors (Lipinski definition) is 1. The second-order valence-corrected chi connectivity index (χ2v) is 11.8. The standard InChI is InChI=1S/C21H27N3O5S2/c1-16-10-11-19(30(26,27)23(2)3)15-20(16)22-21(25)17-8-7-9-18(14-17)31(28,29)24-12-5-4-6-13-24/h7-11,14-15H,4-6,12-13H2,1-3H3,(H,22,25). The van der Waals surface area contributed by atoms with Gasteiger partial charge >= 0.3 is 0 Å². The lowest BCUT2D eigenvalue weighted by atomic mass is 10.1. The maximum atomic E-state index is 12.9. The van der Waals surface area contributed by atoms with Crippen LogP contribution in [0, 0.1) is 6.92 Å². The van der Waals surface area contributed by atoms with Gasteiger partial charge in [-0.1, -0.05) is 18.6 Å². The van der Waals surface area contributed by atoms with Gasteiger partial charge in [0.1, 0.15) is 0 Å². The van der Waals surface area contributed by atoms with Crippen LogP contribution in [0.5, 0.6) is 0 Å². The molecule has 0 spiro atoms. The highest BCUT2D eigenvalue weighted by Crippen LogP contribution is 2.24. The van der Waals surface area contributed by atoms with Crippen molar-refractivity contribution in [2.45, 2.75) is 36.0 Å². The van der Waals surface area contributed by atoms with E-state index in [-0.39, 0.29) is 15.4 Å². The van der Waals surface area contributed by atoms with E-state index in [9.17, 15) is 21.6 Å². The fraction of sp³-hybridized carbons (Fsp3) is 0.381. The first-order valence-corrected chi connectivity index (χ1v) is 12.9. The normalized spacial score (nSPS) is 15.7. The maximum absolute atomic E-state index is 12.9. The van der Waals surface area contributed by atoms with Crippen LogP contribution >= 0.6 is 0 Å². The van der Waals surface area contributed by atoms with Gasteiger partial charge in [0.15, 0.2) is 0 Å². The Bertz CT molecular complexity index is 1190. The van der Waals surface area contributed by atoms with Crippen molar-refractivity contribution in [1.82, 2.24) is 8.61 Å². The molecule has 0 aromatic heterocycles. The van der Waals surface area contributed by atoms with Crippen molar-refractivity contribution < 1.29 is 21.6 Å². The Kier molecular flexibility index (Phi) is 6.85. The van der Waals surface area contributed by atoms with Gasteiger partial charge in [-0.25, -0.2) is 21.1 Å². The van der Waals surface area contributed by atoms with Crippen LogP contribution in [-0.4, -0.2) is 58.5 Å². The Hall–Kier alpha value is -2.27. The van der Waals surface area contributed by atoms with Crippen LogP contribution in [-0.2, 0) is 20.0 Å². The Morgan fingerprint density at radius 2 is 1.61 bits per heavy atom. The second kappa shape index (κ2) is 9.07. The van der Waals surface area contributed by atoms with Gasteiger partial charge in [-0.15, -0.1) is 0 Å². The highest BCUT2D eigenvalue weighted by atomic mass is 32.2. The highest BCUT2D eigenvalue weighted by molar-refractivity contribution is 7.89. The summed E-state index contributed by atoms with van der Waals surface area (Å²) in [4.78, 5) is 13.0. The number of nitrogens with zero attached hydrogens (tertiary/aromatic N) is 2. The Labute approximate surface area is 184 Å². The van der Waals surface area contributed by atoms with Crippen molar-refractivity contribution in [2.24, 2.45) is 0 Å². The smallest absolute Gasteiger partial charge is 0.255 e. The lowest BCUT2D eigenvalue weighted by molar-refractivity contribution is 0.102. The third-order valence-electron chi connectivity index (χ3n) is 5.28. The van der Waals surface area contributed by atoms with Crippen molar-refractivity contribution in [3.8, 4) is 0 Å². The number of piperidine rings is 1. The predicted molar refractivity (Wildman–Crippen MR) is 119 cm³/mol. The number of amides is 1. The summed E-state index contributed by atoms with van der Waals surface area (Å²) in [5, 5.41) is 2.71. The summed E-state index contributed by atoms with van der Waals surface area (Å²) in [6.45, 7) is 2.70. The number of anilines is 1. The fourth-order valence-corrected chi connectivity index (χ4v) is 5.85. The quantitative estimate of drug-likeness (QED) is 0.706. The number of sulfonamides is 2. The maximum Gasteiger partial charge on any atom is 0.255 e. The predicted octanol–water partition coefficient (Wildman–Crippen LogP) is 2.67. The van der Waals surface area contributed by atoms with Gasteiger partial charge in [0.25, 0.3) is 5.91 Å². The van der Waals surface area contributed by atoms with Gasteiger partial charge in [0, 0.05) is 38.4 Å². The van der Waals surface area contributed by atoms with Crippen LogP contribution in [0.3, 0.4) is 0 Å². The first kappa shape index (κ1) is 23.4. The first-order valence-electron chi connectivity index (χ1n) is 9.98. The molecule has 1 heterocycles. The molecule has 0 atom stereocenters. The largest absolute Gasteiger partial charge is 0.322 e. The van der Waals surface area contributed by atoms with E-state index in [0.29, 0.717) is 24.3 Å². The molecule has 1 amide bonds. The average molecular weight is 466 g/mol. The summed E-state index contributed by atoms with van der Waals surface area (Å²) in [6, 6.07) is 10.4. The van der Waals surface area contributed by atoms with E-state index >= 15 is 0 Å².